The molecule has 13 heavy (non-hydrogen) atoms. The summed E-state index contributed by atoms with van der Waals surface area (Å²) in [5.41, 5.74) is 0.813. The summed E-state index contributed by atoms with van der Waals surface area (Å²) < 4.78 is 0. The minimum Gasteiger partial charge on any atom is -0.508 e. The molecular formula is C9H13NO3. The number of nitrogens with two attached hydrogens (primary N) is 1. The van der Waals surface area contributed by atoms with Gasteiger partial charge >= 0.3 is 0 Å². The predicted molar refractivity (Wildman–Crippen MR) is 48.1 cm³/mol. The van der Waals surface area contributed by atoms with Crippen molar-refractivity contribution in [2.45, 2.75) is 5.92 Å². The Morgan fingerprint density at radius 1 is 1.46 bits per heavy atom. The van der Waals surface area contributed by atoms with Crippen LogP contribution < -0.4 is 5.90 Å². The minimum absolute atomic E-state index is 0.0549. The van der Waals surface area contributed by atoms with Gasteiger partial charge in [-0.05, 0) is 17.7 Å². The molecule has 0 aromatic heterocycles. The summed E-state index contributed by atoms with van der Waals surface area (Å²) in [7, 11) is 0. The fourth-order valence-electron chi connectivity index (χ4n) is 1.15. The van der Waals surface area contributed by atoms with Gasteiger partial charge in [0.2, 0.25) is 0 Å². The van der Waals surface area contributed by atoms with Gasteiger partial charge in [0.15, 0.2) is 0 Å². The minimum atomic E-state index is -0.183. The van der Waals surface area contributed by atoms with E-state index in [1.165, 1.54) is 0 Å². The molecule has 0 bridgehead atoms. The SMILES string of the molecule is NOCC(CO)c1cccc(O)c1. The van der Waals surface area contributed by atoms with Gasteiger partial charge in [0.25, 0.3) is 0 Å². The molecule has 0 saturated carbocycles. The lowest BCUT2D eigenvalue weighted by Gasteiger charge is -2.12. The lowest BCUT2D eigenvalue weighted by molar-refractivity contribution is 0.101. The second kappa shape index (κ2) is 4.81. The van der Waals surface area contributed by atoms with Crippen LogP contribution >= 0.6 is 0 Å². The van der Waals surface area contributed by atoms with Crippen molar-refractivity contribution in [3.05, 3.63) is 29.8 Å². The number of benzene rings is 1. The lowest BCUT2D eigenvalue weighted by Crippen LogP contribution is -2.14. The van der Waals surface area contributed by atoms with Gasteiger partial charge in [-0.2, -0.15) is 0 Å². The predicted octanol–water partition coefficient (Wildman–Crippen LogP) is 0.358. The molecular weight excluding hydrogens is 170 g/mol. The first-order chi connectivity index (χ1) is 6.27. The van der Waals surface area contributed by atoms with E-state index in [1.54, 1.807) is 24.3 Å². The summed E-state index contributed by atoms with van der Waals surface area (Å²) in [6.07, 6.45) is 0. The van der Waals surface area contributed by atoms with Gasteiger partial charge in [0.1, 0.15) is 5.75 Å². The van der Waals surface area contributed by atoms with E-state index in [-0.39, 0.29) is 24.9 Å². The molecule has 4 N–H and O–H groups in total. The topological polar surface area (TPSA) is 75.7 Å². The molecule has 0 aliphatic rings. The molecule has 1 atom stereocenters. The maximum Gasteiger partial charge on any atom is 0.115 e. The van der Waals surface area contributed by atoms with Crippen molar-refractivity contribution in [2.24, 2.45) is 5.90 Å². The van der Waals surface area contributed by atoms with Crippen molar-refractivity contribution >= 4 is 0 Å². The maximum absolute atomic E-state index is 9.17. The molecule has 1 unspecified atom stereocenters. The van der Waals surface area contributed by atoms with Crippen molar-refractivity contribution in [1.29, 1.82) is 0 Å². The van der Waals surface area contributed by atoms with E-state index in [1.807, 2.05) is 0 Å². The molecule has 0 amide bonds. The van der Waals surface area contributed by atoms with Crippen LogP contribution in [0.15, 0.2) is 24.3 Å². The lowest BCUT2D eigenvalue weighted by atomic mass is 10.0. The van der Waals surface area contributed by atoms with Crippen LogP contribution in [0.5, 0.6) is 5.75 Å². The van der Waals surface area contributed by atoms with Gasteiger partial charge in [0.05, 0.1) is 13.2 Å². The van der Waals surface area contributed by atoms with E-state index in [2.05, 4.69) is 4.84 Å². The number of rotatable bonds is 4. The Morgan fingerprint density at radius 2 is 2.23 bits per heavy atom. The number of hydrogen-bond donors (Lipinski definition) is 3. The van der Waals surface area contributed by atoms with Gasteiger partial charge in [0, 0.05) is 5.92 Å². The molecule has 0 saturated heterocycles. The highest BCUT2D eigenvalue weighted by Gasteiger charge is 2.10. The molecule has 72 valence electrons. The largest absolute Gasteiger partial charge is 0.508 e. The Hall–Kier alpha value is -1.10. The number of hydrogen-bond acceptors (Lipinski definition) is 4. The van der Waals surface area contributed by atoms with Gasteiger partial charge in [-0.1, -0.05) is 12.1 Å². The summed E-state index contributed by atoms with van der Waals surface area (Å²) in [6, 6.07) is 6.67. The van der Waals surface area contributed by atoms with Crippen LogP contribution in [0.25, 0.3) is 0 Å². The molecule has 4 nitrogen and oxygen atoms in total. The molecule has 1 rings (SSSR count). The number of phenols is 1. The van der Waals surface area contributed by atoms with E-state index in [0.717, 1.165) is 5.56 Å². The number of aromatic hydroxyl groups is 1. The quantitative estimate of drug-likeness (QED) is 0.589. The monoisotopic (exact) mass is 183 g/mol. The van der Waals surface area contributed by atoms with Crippen LogP contribution in [0.1, 0.15) is 11.5 Å². The highest BCUT2D eigenvalue weighted by atomic mass is 16.6. The normalized spacial score (nSPS) is 12.8. The Bertz CT molecular complexity index is 265. The summed E-state index contributed by atoms with van der Waals surface area (Å²) >= 11 is 0. The van der Waals surface area contributed by atoms with Crippen LogP contribution in [-0.4, -0.2) is 23.4 Å². The molecule has 1 aromatic carbocycles. The van der Waals surface area contributed by atoms with Crippen LogP contribution in [0.3, 0.4) is 0 Å². The molecule has 1 aromatic rings. The van der Waals surface area contributed by atoms with Crippen LogP contribution in [-0.2, 0) is 4.84 Å². The first-order valence-electron chi connectivity index (χ1n) is 3.99. The molecule has 0 spiro atoms. The molecule has 0 fully saturated rings. The highest BCUT2D eigenvalue weighted by molar-refractivity contribution is 5.29. The molecule has 0 heterocycles. The van der Waals surface area contributed by atoms with Gasteiger partial charge in [-0.25, -0.2) is 5.90 Å². The fraction of sp³-hybridized carbons (Fsp3) is 0.333. The molecule has 0 radical (unpaired) electrons. The van der Waals surface area contributed by atoms with Crippen molar-refractivity contribution in [3.63, 3.8) is 0 Å². The maximum atomic E-state index is 9.17. The Kier molecular flexibility index (Phi) is 3.70. The van der Waals surface area contributed by atoms with E-state index in [4.69, 9.17) is 11.0 Å². The zero-order valence-corrected chi connectivity index (χ0v) is 7.18. The van der Waals surface area contributed by atoms with E-state index in [0.29, 0.717) is 0 Å². The van der Waals surface area contributed by atoms with Crippen LogP contribution in [0.4, 0.5) is 0 Å². The van der Waals surface area contributed by atoms with Gasteiger partial charge < -0.3 is 15.1 Å². The average molecular weight is 183 g/mol. The standard InChI is InChI=1S/C9H13NO3/c10-13-6-8(5-11)7-2-1-3-9(12)4-7/h1-4,8,11-12H,5-6,10H2. The van der Waals surface area contributed by atoms with Crippen molar-refractivity contribution in [3.8, 4) is 5.75 Å². The number of aliphatic hydroxyl groups excluding tert-OH is 1. The summed E-state index contributed by atoms with van der Waals surface area (Å²) in [5.74, 6) is 4.90. The smallest absolute Gasteiger partial charge is 0.115 e. The average Bonchev–Trinajstić information content (AvgIpc) is 2.14. The van der Waals surface area contributed by atoms with Crippen molar-refractivity contribution in [1.82, 2.24) is 0 Å². The number of phenolic OH excluding ortho intramolecular Hbond substituents is 1. The third-order valence-electron chi connectivity index (χ3n) is 1.86. The second-order valence-corrected chi connectivity index (χ2v) is 2.81. The fourth-order valence-corrected chi connectivity index (χ4v) is 1.15. The third kappa shape index (κ3) is 2.69. The number of aliphatic hydroxyl groups is 1. The summed E-state index contributed by atoms with van der Waals surface area (Å²) in [6.45, 7) is 0.181. The van der Waals surface area contributed by atoms with Gasteiger partial charge in [-0.15, -0.1) is 0 Å². The molecule has 0 aliphatic heterocycles. The first-order valence-corrected chi connectivity index (χ1v) is 3.99. The van der Waals surface area contributed by atoms with E-state index >= 15 is 0 Å². The zero-order chi connectivity index (χ0) is 9.68. The molecule has 4 heteroatoms. The second-order valence-electron chi connectivity index (χ2n) is 2.81. The highest BCUT2D eigenvalue weighted by Crippen LogP contribution is 2.19. The molecule has 0 aliphatic carbocycles. The van der Waals surface area contributed by atoms with Crippen molar-refractivity contribution in [2.75, 3.05) is 13.2 Å². The Morgan fingerprint density at radius 3 is 2.77 bits per heavy atom. The van der Waals surface area contributed by atoms with Gasteiger partial charge in [-0.3, -0.25) is 0 Å². The van der Waals surface area contributed by atoms with Crippen LogP contribution in [0.2, 0.25) is 0 Å². The first kappa shape index (κ1) is 9.98. The Labute approximate surface area is 76.5 Å². The zero-order valence-electron chi connectivity index (χ0n) is 7.18. The van der Waals surface area contributed by atoms with E-state index in [9.17, 15) is 5.11 Å². The van der Waals surface area contributed by atoms with Crippen LogP contribution in [0, 0.1) is 0 Å². The third-order valence-corrected chi connectivity index (χ3v) is 1.86. The summed E-state index contributed by atoms with van der Waals surface area (Å²) in [4.78, 5) is 4.45. The van der Waals surface area contributed by atoms with E-state index < -0.39 is 0 Å². The van der Waals surface area contributed by atoms with Crippen molar-refractivity contribution < 1.29 is 15.1 Å². The Balaban J connectivity index is 2.78. The summed E-state index contributed by atoms with van der Waals surface area (Å²) in [5, 5.41) is 18.2.